The summed E-state index contributed by atoms with van der Waals surface area (Å²) in [5.41, 5.74) is -0.0466. The fraction of sp³-hybridized carbons (Fsp3) is 0.529. The largest absolute Gasteiger partial charge is 0.377 e. The van der Waals surface area contributed by atoms with E-state index in [0.29, 0.717) is 17.9 Å². The average molecular weight is 306 g/mol. The van der Waals surface area contributed by atoms with Crippen molar-refractivity contribution in [1.82, 2.24) is 4.90 Å². The SMILES string of the molecule is OC1(C#Cc2cccc(Cl)c2)CCN([C@@H]2CCCO2)CC1. The number of halogens is 1. The Morgan fingerprint density at radius 3 is 2.81 bits per heavy atom. The van der Waals surface area contributed by atoms with Crippen LogP contribution in [-0.4, -0.2) is 41.5 Å². The Hall–Kier alpha value is -1.05. The summed E-state index contributed by atoms with van der Waals surface area (Å²) in [5.74, 6) is 6.08. The van der Waals surface area contributed by atoms with Crippen LogP contribution < -0.4 is 0 Å². The number of rotatable bonds is 1. The molecule has 0 aromatic heterocycles. The van der Waals surface area contributed by atoms with Crippen LogP contribution in [0.2, 0.25) is 5.02 Å². The van der Waals surface area contributed by atoms with E-state index in [0.717, 1.165) is 38.1 Å². The van der Waals surface area contributed by atoms with Crippen LogP contribution in [0.15, 0.2) is 24.3 Å². The zero-order chi connectivity index (χ0) is 14.7. The van der Waals surface area contributed by atoms with Gasteiger partial charge in [0.25, 0.3) is 0 Å². The van der Waals surface area contributed by atoms with Crippen LogP contribution in [0.5, 0.6) is 0 Å². The molecule has 4 heteroatoms. The Balaban J connectivity index is 1.62. The average Bonchev–Trinajstić information content (AvgIpc) is 3.01. The Labute approximate surface area is 130 Å². The number of aliphatic hydroxyl groups is 1. The van der Waals surface area contributed by atoms with Crippen LogP contribution in [0.25, 0.3) is 0 Å². The minimum atomic E-state index is -0.891. The summed E-state index contributed by atoms with van der Waals surface area (Å²) in [6.45, 7) is 2.54. The molecule has 21 heavy (non-hydrogen) atoms. The highest BCUT2D eigenvalue weighted by Crippen LogP contribution is 2.26. The molecule has 1 atom stereocenters. The van der Waals surface area contributed by atoms with Crippen molar-refractivity contribution in [2.24, 2.45) is 0 Å². The summed E-state index contributed by atoms with van der Waals surface area (Å²) in [4.78, 5) is 2.32. The van der Waals surface area contributed by atoms with Gasteiger partial charge in [0.05, 0.1) is 0 Å². The molecule has 0 spiro atoms. The fourth-order valence-corrected chi connectivity index (χ4v) is 3.10. The molecule has 2 aliphatic rings. The van der Waals surface area contributed by atoms with Crippen molar-refractivity contribution in [2.45, 2.75) is 37.5 Å². The smallest absolute Gasteiger partial charge is 0.128 e. The van der Waals surface area contributed by atoms with Gasteiger partial charge in [-0.1, -0.05) is 29.5 Å². The minimum absolute atomic E-state index is 0.246. The lowest BCUT2D eigenvalue weighted by Crippen LogP contribution is -2.47. The molecular weight excluding hydrogens is 286 g/mol. The van der Waals surface area contributed by atoms with Gasteiger partial charge in [-0.2, -0.15) is 0 Å². The summed E-state index contributed by atoms with van der Waals surface area (Å²) < 4.78 is 5.70. The van der Waals surface area contributed by atoms with E-state index in [-0.39, 0.29) is 6.23 Å². The molecule has 3 nitrogen and oxygen atoms in total. The maximum Gasteiger partial charge on any atom is 0.128 e. The standard InChI is InChI=1S/C17H20ClNO2/c18-15-4-1-3-14(13-15)6-7-17(20)8-10-19(11-9-17)16-5-2-12-21-16/h1,3-4,13,16,20H,2,5,8-12H2/t16-/m0/s1. The van der Waals surface area contributed by atoms with Gasteiger partial charge in [-0.3, -0.25) is 4.90 Å². The van der Waals surface area contributed by atoms with Crippen molar-refractivity contribution in [1.29, 1.82) is 0 Å². The van der Waals surface area contributed by atoms with Crippen LogP contribution in [0.4, 0.5) is 0 Å². The number of hydrogen-bond acceptors (Lipinski definition) is 3. The van der Waals surface area contributed by atoms with Crippen LogP contribution in [-0.2, 0) is 4.74 Å². The second kappa shape index (κ2) is 6.37. The number of nitrogens with zero attached hydrogens (tertiary/aromatic N) is 1. The van der Waals surface area contributed by atoms with Gasteiger partial charge >= 0.3 is 0 Å². The number of ether oxygens (including phenoxy) is 1. The zero-order valence-electron chi connectivity index (χ0n) is 12.0. The first-order chi connectivity index (χ1) is 10.1. The molecule has 2 fully saturated rings. The van der Waals surface area contributed by atoms with Gasteiger partial charge in [0, 0.05) is 43.1 Å². The summed E-state index contributed by atoms with van der Waals surface area (Å²) in [6.07, 6.45) is 3.82. The van der Waals surface area contributed by atoms with E-state index in [9.17, 15) is 5.11 Å². The molecule has 1 N–H and O–H groups in total. The predicted molar refractivity (Wildman–Crippen MR) is 83.1 cm³/mol. The summed E-state index contributed by atoms with van der Waals surface area (Å²) in [6, 6.07) is 7.42. The second-order valence-electron chi connectivity index (χ2n) is 5.80. The van der Waals surface area contributed by atoms with Crippen molar-refractivity contribution >= 4 is 11.6 Å². The number of benzene rings is 1. The van der Waals surface area contributed by atoms with Crippen LogP contribution in [0.1, 0.15) is 31.2 Å². The quantitative estimate of drug-likeness (QED) is 0.810. The lowest BCUT2D eigenvalue weighted by Gasteiger charge is -2.37. The molecule has 0 aliphatic carbocycles. The highest BCUT2D eigenvalue weighted by atomic mass is 35.5. The van der Waals surface area contributed by atoms with Crippen molar-refractivity contribution in [3.05, 3.63) is 34.9 Å². The Morgan fingerprint density at radius 1 is 1.33 bits per heavy atom. The van der Waals surface area contributed by atoms with Gasteiger partial charge < -0.3 is 9.84 Å². The van der Waals surface area contributed by atoms with E-state index in [1.54, 1.807) is 0 Å². The van der Waals surface area contributed by atoms with Crippen LogP contribution in [0.3, 0.4) is 0 Å². The molecule has 0 radical (unpaired) electrons. The number of hydrogen-bond donors (Lipinski definition) is 1. The van der Waals surface area contributed by atoms with Crippen molar-refractivity contribution in [2.75, 3.05) is 19.7 Å². The Morgan fingerprint density at radius 2 is 2.14 bits per heavy atom. The van der Waals surface area contributed by atoms with Gasteiger partial charge in [0.1, 0.15) is 11.8 Å². The lowest BCUT2D eigenvalue weighted by molar-refractivity contribution is -0.0624. The first-order valence-corrected chi connectivity index (χ1v) is 7.89. The molecular formula is C17H20ClNO2. The van der Waals surface area contributed by atoms with Gasteiger partial charge in [-0.15, -0.1) is 0 Å². The maximum atomic E-state index is 10.6. The van der Waals surface area contributed by atoms with E-state index in [4.69, 9.17) is 16.3 Å². The number of piperidine rings is 1. The molecule has 3 rings (SSSR count). The third kappa shape index (κ3) is 3.78. The third-order valence-electron chi connectivity index (χ3n) is 4.20. The van der Waals surface area contributed by atoms with E-state index < -0.39 is 5.60 Å². The lowest BCUT2D eigenvalue weighted by atomic mass is 9.91. The Kier molecular flexibility index (Phi) is 4.51. The normalized spacial score (nSPS) is 25.3. The Bertz CT molecular complexity index is 549. The minimum Gasteiger partial charge on any atom is -0.377 e. The topological polar surface area (TPSA) is 32.7 Å². The van der Waals surface area contributed by atoms with Crippen LogP contribution in [0, 0.1) is 11.8 Å². The van der Waals surface area contributed by atoms with Gasteiger partial charge in [-0.05, 0) is 31.0 Å². The molecule has 112 valence electrons. The van der Waals surface area contributed by atoms with E-state index >= 15 is 0 Å². The maximum absolute atomic E-state index is 10.6. The molecule has 1 aromatic carbocycles. The predicted octanol–water partition coefficient (Wildman–Crippen LogP) is 2.65. The molecule has 0 saturated carbocycles. The first kappa shape index (κ1) is 14.9. The van der Waals surface area contributed by atoms with Crippen molar-refractivity contribution in [3.8, 4) is 11.8 Å². The second-order valence-corrected chi connectivity index (χ2v) is 6.23. The summed E-state index contributed by atoms with van der Waals surface area (Å²) in [5, 5.41) is 11.3. The molecule has 2 saturated heterocycles. The fourth-order valence-electron chi connectivity index (χ4n) is 2.91. The van der Waals surface area contributed by atoms with Crippen molar-refractivity contribution in [3.63, 3.8) is 0 Å². The van der Waals surface area contributed by atoms with E-state index in [2.05, 4.69) is 16.7 Å². The first-order valence-electron chi connectivity index (χ1n) is 7.51. The highest BCUT2D eigenvalue weighted by Gasteiger charge is 2.34. The van der Waals surface area contributed by atoms with Gasteiger partial charge in [0.2, 0.25) is 0 Å². The zero-order valence-corrected chi connectivity index (χ0v) is 12.8. The van der Waals surface area contributed by atoms with E-state index in [1.807, 2.05) is 24.3 Å². The molecule has 0 unspecified atom stereocenters. The van der Waals surface area contributed by atoms with Crippen molar-refractivity contribution < 1.29 is 9.84 Å². The summed E-state index contributed by atoms with van der Waals surface area (Å²) >= 11 is 5.94. The monoisotopic (exact) mass is 305 g/mol. The third-order valence-corrected chi connectivity index (χ3v) is 4.44. The molecule has 2 aliphatic heterocycles. The summed E-state index contributed by atoms with van der Waals surface area (Å²) in [7, 11) is 0. The molecule has 0 amide bonds. The van der Waals surface area contributed by atoms with E-state index in [1.165, 1.54) is 0 Å². The van der Waals surface area contributed by atoms with Gasteiger partial charge in [-0.25, -0.2) is 0 Å². The molecule has 1 aromatic rings. The van der Waals surface area contributed by atoms with Gasteiger partial charge in [0.15, 0.2) is 0 Å². The van der Waals surface area contributed by atoms with Crippen LogP contribution >= 0.6 is 11.6 Å². The highest BCUT2D eigenvalue weighted by molar-refractivity contribution is 6.30. The number of likely N-dealkylation sites (tertiary alicyclic amines) is 1. The molecule has 2 heterocycles. The molecule has 0 bridgehead atoms.